The van der Waals surface area contributed by atoms with Crippen molar-refractivity contribution in [1.82, 2.24) is 4.90 Å². The summed E-state index contributed by atoms with van der Waals surface area (Å²) in [6.07, 6.45) is -3.48. The quantitative estimate of drug-likeness (QED) is 0.531. The molecule has 1 saturated heterocycles. The predicted octanol–water partition coefficient (Wildman–Crippen LogP) is 5.47. The first-order valence-corrected chi connectivity index (χ1v) is 11.0. The highest BCUT2D eigenvalue weighted by atomic mass is 19.4. The van der Waals surface area contributed by atoms with Crippen molar-refractivity contribution in [1.29, 1.82) is 0 Å². The van der Waals surface area contributed by atoms with Crippen LogP contribution in [0.5, 0.6) is 11.5 Å². The fourth-order valence-corrected chi connectivity index (χ4v) is 5.00. The number of halogens is 4. The Bertz CT molecular complexity index is 1030. The minimum absolute atomic E-state index is 0.0930. The monoisotopic (exact) mass is 465 g/mol. The molecule has 0 radical (unpaired) electrons. The number of methoxy groups -OCH3 is 2. The van der Waals surface area contributed by atoms with Gasteiger partial charge in [0.2, 0.25) is 0 Å². The number of rotatable bonds is 6. The Hall–Kier alpha value is -2.61. The largest absolute Gasteiger partial charge is 0.493 e. The summed E-state index contributed by atoms with van der Waals surface area (Å²) in [6, 6.07) is 8.93. The van der Waals surface area contributed by atoms with E-state index < -0.39 is 23.3 Å². The van der Waals surface area contributed by atoms with Crippen molar-refractivity contribution in [3.8, 4) is 11.5 Å². The van der Waals surface area contributed by atoms with E-state index in [4.69, 9.17) is 9.47 Å². The first kappa shape index (κ1) is 23.5. The molecular formula is C25H27F4NO3. The number of ether oxygens (including phenoxy) is 2. The highest BCUT2D eigenvalue weighted by Crippen LogP contribution is 2.42. The van der Waals surface area contributed by atoms with E-state index in [-0.39, 0.29) is 37.2 Å². The van der Waals surface area contributed by atoms with Crippen molar-refractivity contribution < 1.29 is 31.8 Å². The third kappa shape index (κ3) is 4.86. The fraction of sp³-hybridized carbons (Fsp3) is 0.480. The maximum Gasteiger partial charge on any atom is 0.416 e. The lowest BCUT2D eigenvalue weighted by Crippen LogP contribution is -2.43. The highest BCUT2D eigenvalue weighted by Gasteiger charge is 2.42. The minimum Gasteiger partial charge on any atom is -0.493 e. The summed E-state index contributed by atoms with van der Waals surface area (Å²) in [6.45, 7) is 0.815. The maximum absolute atomic E-state index is 15.7. The number of alkyl halides is 4. The zero-order chi connectivity index (χ0) is 23.8. The molecule has 2 aliphatic rings. The van der Waals surface area contributed by atoms with Gasteiger partial charge in [-0.05, 0) is 55.0 Å². The summed E-state index contributed by atoms with van der Waals surface area (Å²) in [5, 5.41) is 0. The van der Waals surface area contributed by atoms with E-state index in [9.17, 15) is 18.0 Å². The van der Waals surface area contributed by atoms with E-state index in [1.807, 2.05) is 4.90 Å². The molecule has 0 aromatic heterocycles. The second-order valence-electron chi connectivity index (χ2n) is 8.92. The van der Waals surface area contributed by atoms with Gasteiger partial charge in [0.25, 0.3) is 0 Å². The SMILES string of the molecule is COc1cc2c(cc1OC)C(=O)C(CC1(F)CCN(Cc3ccccc3C(F)(F)F)CC1)C2. The van der Waals surface area contributed by atoms with Gasteiger partial charge < -0.3 is 9.47 Å². The van der Waals surface area contributed by atoms with Gasteiger partial charge in [-0.1, -0.05) is 18.2 Å². The normalized spacial score (nSPS) is 20.5. The number of fused-ring (bicyclic) bond motifs is 1. The van der Waals surface area contributed by atoms with Gasteiger partial charge in [0.1, 0.15) is 5.67 Å². The molecule has 0 spiro atoms. The van der Waals surface area contributed by atoms with Crippen LogP contribution in [0.15, 0.2) is 36.4 Å². The molecule has 0 N–H and O–H groups in total. The second-order valence-corrected chi connectivity index (χ2v) is 8.92. The van der Waals surface area contributed by atoms with Crippen molar-refractivity contribution in [2.75, 3.05) is 27.3 Å². The second kappa shape index (κ2) is 8.97. The van der Waals surface area contributed by atoms with Crippen molar-refractivity contribution in [2.45, 2.75) is 44.1 Å². The zero-order valence-electron chi connectivity index (χ0n) is 18.7. The zero-order valence-corrected chi connectivity index (χ0v) is 18.7. The number of nitrogens with zero attached hydrogens (tertiary/aromatic N) is 1. The van der Waals surface area contributed by atoms with Crippen LogP contribution in [0.1, 0.15) is 46.3 Å². The van der Waals surface area contributed by atoms with Crippen molar-refractivity contribution in [3.05, 3.63) is 58.7 Å². The molecule has 1 unspecified atom stereocenters. The Labute approximate surface area is 190 Å². The molecule has 1 heterocycles. The first-order chi connectivity index (χ1) is 15.6. The number of hydrogen-bond donors (Lipinski definition) is 0. The summed E-state index contributed by atoms with van der Waals surface area (Å²) in [7, 11) is 3.02. The Morgan fingerprint density at radius 3 is 2.33 bits per heavy atom. The topological polar surface area (TPSA) is 38.8 Å². The van der Waals surface area contributed by atoms with Gasteiger partial charge in [-0.3, -0.25) is 9.69 Å². The number of ketones is 1. The lowest BCUT2D eigenvalue weighted by molar-refractivity contribution is -0.138. The van der Waals surface area contributed by atoms with Gasteiger partial charge in [-0.15, -0.1) is 0 Å². The molecular weight excluding hydrogens is 438 g/mol. The standard InChI is InChI=1S/C25H27F4NO3/c1-32-21-12-17-11-18(23(31)19(17)13-22(21)33-2)14-24(26)7-9-30(10-8-24)15-16-5-3-4-6-20(16)25(27,28)29/h3-6,12-13,18H,7-11,14-15H2,1-2H3. The van der Waals surface area contributed by atoms with E-state index in [0.717, 1.165) is 11.6 Å². The number of carbonyl (C=O) groups excluding carboxylic acids is 1. The van der Waals surface area contributed by atoms with Gasteiger partial charge >= 0.3 is 6.18 Å². The van der Waals surface area contributed by atoms with Crippen LogP contribution in [-0.2, 0) is 19.1 Å². The average Bonchev–Trinajstić information content (AvgIpc) is 3.08. The van der Waals surface area contributed by atoms with Crippen LogP contribution >= 0.6 is 0 Å². The molecule has 1 fully saturated rings. The number of hydrogen-bond acceptors (Lipinski definition) is 4. The molecule has 4 nitrogen and oxygen atoms in total. The van der Waals surface area contributed by atoms with Crippen LogP contribution in [0, 0.1) is 5.92 Å². The van der Waals surface area contributed by atoms with E-state index in [0.29, 0.717) is 36.6 Å². The van der Waals surface area contributed by atoms with Gasteiger partial charge in [0.05, 0.1) is 19.8 Å². The minimum atomic E-state index is -4.42. The van der Waals surface area contributed by atoms with Crippen molar-refractivity contribution in [3.63, 3.8) is 0 Å². The molecule has 33 heavy (non-hydrogen) atoms. The molecule has 178 valence electrons. The molecule has 8 heteroatoms. The van der Waals surface area contributed by atoms with Crippen LogP contribution in [-0.4, -0.2) is 43.7 Å². The number of benzene rings is 2. The molecule has 1 aliphatic heterocycles. The third-order valence-electron chi connectivity index (χ3n) is 6.79. The number of likely N-dealkylation sites (tertiary alicyclic amines) is 1. The van der Waals surface area contributed by atoms with Crippen LogP contribution in [0.3, 0.4) is 0 Å². The van der Waals surface area contributed by atoms with Gasteiger partial charge in [0.15, 0.2) is 17.3 Å². The molecule has 1 aliphatic carbocycles. The Kier molecular flexibility index (Phi) is 6.40. The Morgan fingerprint density at radius 2 is 1.70 bits per heavy atom. The van der Waals surface area contributed by atoms with E-state index in [2.05, 4.69) is 0 Å². The average molecular weight is 465 g/mol. The number of carbonyl (C=O) groups is 1. The lowest BCUT2D eigenvalue weighted by atomic mass is 9.82. The Morgan fingerprint density at radius 1 is 1.06 bits per heavy atom. The fourth-order valence-electron chi connectivity index (χ4n) is 5.00. The van der Waals surface area contributed by atoms with Gasteiger partial charge in [0, 0.05) is 31.1 Å². The van der Waals surface area contributed by atoms with E-state index in [1.54, 1.807) is 18.2 Å². The van der Waals surface area contributed by atoms with Crippen LogP contribution in [0.25, 0.3) is 0 Å². The summed E-state index contributed by atoms with van der Waals surface area (Å²) in [5.74, 6) is 0.448. The molecule has 4 rings (SSSR count). The molecule has 0 bridgehead atoms. The van der Waals surface area contributed by atoms with Crippen molar-refractivity contribution >= 4 is 5.78 Å². The van der Waals surface area contributed by atoms with Gasteiger partial charge in [-0.2, -0.15) is 13.2 Å². The van der Waals surface area contributed by atoms with E-state index >= 15 is 4.39 Å². The Balaban J connectivity index is 1.39. The lowest BCUT2D eigenvalue weighted by Gasteiger charge is -2.37. The molecule has 0 amide bonds. The smallest absolute Gasteiger partial charge is 0.416 e. The number of piperidine rings is 1. The molecule has 1 atom stereocenters. The van der Waals surface area contributed by atoms with E-state index in [1.165, 1.54) is 26.4 Å². The summed E-state index contributed by atoms with van der Waals surface area (Å²) in [5.41, 5.74) is -0.603. The summed E-state index contributed by atoms with van der Waals surface area (Å²) < 4.78 is 66.1. The van der Waals surface area contributed by atoms with Crippen LogP contribution < -0.4 is 9.47 Å². The number of Topliss-reactive ketones (excluding diaryl/α,β-unsaturated/α-hetero) is 1. The third-order valence-corrected chi connectivity index (χ3v) is 6.79. The van der Waals surface area contributed by atoms with Gasteiger partial charge in [-0.25, -0.2) is 4.39 Å². The summed E-state index contributed by atoms with van der Waals surface area (Å²) in [4.78, 5) is 14.8. The molecule has 2 aromatic rings. The van der Waals surface area contributed by atoms with Crippen molar-refractivity contribution in [2.24, 2.45) is 5.92 Å². The summed E-state index contributed by atoms with van der Waals surface area (Å²) >= 11 is 0. The predicted molar refractivity (Wildman–Crippen MR) is 115 cm³/mol. The highest BCUT2D eigenvalue weighted by molar-refractivity contribution is 6.03. The van der Waals surface area contributed by atoms with Crippen LogP contribution in [0.4, 0.5) is 17.6 Å². The molecule has 2 aromatic carbocycles. The van der Waals surface area contributed by atoms with Crippen LogP contribution in [0.2, 0.25) is 0 Å². The first-order valence-electron chi connectivity index (χ1n) is 11.0. The maximum atomic E-state index is 15.7. The molecule has 0 saturated carbocycles.